The first-order valence-corrected chi connectivity index (χ1v) is 8.11. The molecule has 0 aromatic heterocycles. The molecular formula is C15H29ClN4O2. The van der Waals surface area contributed by atoms with Crippen molar-refractivity contribution in [2.75, 3.05) is 39.3 Å². The minimum atomic E-state index is -0.422. The highest BCUT2D eigenvalue weighted by Gasteiger charge is 2.25. The summed E-state index contributed by atoms with van der Waals surface area (Å²) >= 11 is 0. The van der Waals surface area contributed by atoms with E-state index >= 15 is 0 Å². The summed E-state index contributed by atoms with van der Waals surface area (Å²) < 4.78 is 0. The van der Waals surface area contributed by atoms with Crippen LogP contribution in [0.1, 0.15) is 33.1 Å². The van der Waals surface area contributed by atoms with Crippen LogP contribution >= 0.6 is 12.4 Å². The van der Waals surface area contributed by atoms with Crippen molar-refractivity contribution in [3.8, 4) is 0 Å². The SMILES string of the molecule is CC(NC(=O)CN1CCNC[C@H]1C)C(=O)N1CCCCC1.Cl. The number of rotatable bonds is 4. The lowest BCUT2D eigenvalue weighted by Crippen LogP contribution is -2.55. The molecule has 128 valence electrons. The Kier molecular flexibility index (Phi) is 8.14. The first kappa shape index (κ1) is 19.2. The maximum Gasteiger partial charge on any atom is 0.244 e. The molecule has 2 amide bonds. The topological polar surface area (TPSA) is 64.7 Å². The Labute approximate surface area is 139 Å². The third-order valence-electron chi connectivity index (χ3n) is 4.40. The summed E-state index contributed by atoms with van der Waals surface area (Å²) in [6, 6.07) is -0.0635. The molecule has 2 saturated heterocycles. The van der Waals surface area contributed by atoms with Crippen LogP contribution in [0.5, 0.6) is 0 Å². The van der Waals surface area contributed by atoms with Gasteiger partial charge >= 0.3 is 0 Å². The number of nitrogens with one attached hydrogen (secondary N) is 2. The molecule has 2 heterocycles. The molecule has 0 spiro atoms. The smallest absolute Gasteiger partial charge is 0.244 e. The lowest BCUT2D eigenvalue weighted by Gasteiger charge is -2.34. The van der Waals surface area contributed by atoms with Crippen LogP contribution in [0.4, 0.5) is 0 Å². The summed E-state index contributed by atoms with van der Waals surface area (Å²) in [5.74, 6) is -0.00183. The number of piperidine rings is 1. The molecule has 0 aromatic rings. The van der Waals surface area contributed by atoms with E-state index in [0.717, 1.165) is 45.6 Å². The van der Waals surface area contributed by atoms with Gasteiger partial charge in [0.15, 0.2) is 0 Å². The number of carbonyl (C=O) groups excluding carboxylic acids is 2. The maximum absolute atomic E-state index is 12.3. The zero-order valence-electron chi connectivity index (χ0n) is 13.6. The van der Waals surface area contributed by atoms with E-state index < -0.39 is 6.04 Å². The quantitative estimate of drug-likeness (QED) is 0.773. The number of carbonyl (C=O) groups is 2. The molecule has 2 atom stereocenters. The van der Waals surface area contributed by atoms with Crippen LogP contribution in [0.2, 0.25) is 0 Å². The van der Waals surface area contributed by atoms with Crippen LogP contribution in [0, 0.1) is 0 Å². The highest BCUT2D eigenvalue weighted by atomic mass is 35.5. The van der Waals surface area contributed by atoms with E-state index in [-0.39, 0.29) is 24.2 Å². The summed E-state index contributed by atoms with van der Waals surface area (Å²) in [4.78, 5) is 28.4. The number of hydrogen-bond acceptors (Lipinski definition) is 4. The average molecular weight is 333 g/mol. The fraction of sp³-hybridized carbons (Fsp3) is 0.867. The van der Waals surface area contributed by atoms with Gasteiger partial charge in [0.05, 0.1) is 6.54 Å². The van der Waals surface area contributed by atoms with E-state index in [9.17, 15) is 9.59 Å². The molecule has 2 fully saturated rings. The van der Waals surface area contributed by atoms with Gasteiger partial charge in [0.25, 0.3) is 0 Å². The molecule has 0 saturated carbocycles. The van der Waals surface area contributed by atoms with Crippen LogP contribution in [0.25, 0.3) is 0 Å². The number of halogens is 1. The molecule has 7 heteroatoms. The van der Waals surface area contributed by atoms with Gasteiger partial charge in [-0.05, 0) is 33.1 Å². The molecule has 0 bridgehead atoms. The number of nitrogens with zero attached hydrogens (tertiary/aromatic N) is 2. The van der Waals surface area contributed by atoms with Crippen LogP contribution in [0.15, 0.2) is 0 Å². The molecule has 22 heavy (non-hydrogen) atoms. The number of piperazine rings is 1. The van der Waals surface area contributed by atoms with Gasteiger partial charge in [-0.2, -0.15) is 0 Å². The molecule has 2 N–H and O–H groups in total. The highest BCUT2D eigenvalue weighted by molar-refractivity contribution is 5.88. The van der Waals surface area contributed by atoms with Gasteiger partial charge in [-0.25, -0.2) is 0 Å². The summed E-state index contributed by atoms with van der Waals surface area (Å²) in [5.41, 5.74) is 0. The highest BCUT2D eigenvalue weighted by Crippen LogP contribution is 2.10. The zero-order chi connectivity index (χ0) is 15.2. The van der Waals surface area contributed by atoms with Gasteiger partial charge in [0.2, 0.25) is 11.8 Å². The fourth-order valence-electron chi connectivity index (χ4n) is 3.04. The van der Waals surface area contributed by atoms with Crippen LogP contribution < -0.4 is 10.6 Å². The predicted octanol–water partition coefficient (Wildman–Crippen LogP) is 0.219. The molecule has 0 aliphatic carbocycles. The number of likely N-dealkylation sites (tertiary alicyclic amines) is 1. The Hall–Kier alpha value is -0.850. The van der Waals surface area contributed by atoms with E-state index in [1.54, 1.807) is 6.92 Å². The first-order valence-electron chi connectivity index (χ1n) is 8.11. The zero-order valence-corrected chi connectivity index (χ0v) is 14.5. The van der Waals surface area contributed by atoms with Crippen LogP contribution in [0.3, 0.4) is 0 Å². The average Bonchev–Trinajstić information content (AvgIpc) is 2.49. The minimum absolute atomic E-state index is 0. The second kappa shape index (κ2) is 9.33. The van der Waals surface area contributed by atoms with Gasteiger partial charge in [-0.15, -0.1) is 12.4 Å². The number of amides is 2. The molecule has 2 aliphatic heterocycles. The molecule has 2 rings (SSSR count). The summed E-state index contributed by atoms with van der Waals surface area (Å²) in [6.07, 6.45) is 3.35. The van der Waals surface area contributed by atoms with Gasteiger partial charge < -0.3 is 15.5 Å². The van der Waals surface area contributed by atoms with E-state index in [1.807, 2.05) is 4.90 Å². The molecule has 6 nitrogen and oxygen atoms in total. The van der Waals surface area contributed by atoms with Gasteiger partial charge in [-0.1, -0.05) is 0 Å². The third kappa shape index (κ3) is 5.41. The van der Waals surface area contributed by atoms with E-state index in [2.05, 4.69) is 22.5 Å². The summed E-state index contributed by atoms with van der Waals surface area (Å²) in [6.45, 7) is 8.64. The largest absolute Gasteiger partial charge is 0.343 e. The monoisotopic (exact) mass is 332 g/mol. The second-order valence-corrected chi connectivity index (χ2v) is 6.20. The third-order valence-corrected chi connectivity index (χ3v) is 4.40. The van der Waals surface area contributed by atoms with Crippen molar-refractivity contribution in [1.29, 1.82) is 0 Å². The van der Waals surface area contributed by atoms with Crippen molar-refractivity contribution in [1.82, 2.24) is 20.4 Å². The van der Waals surface area contributed by atoms with Crippen LogP contribution in [-0.4, -0.2) is 73.0 Å². The van der Waals surface area contributed by atoms with E-state index in [0.29, 0.717) is 12.6 Å². The Balaban J connectivity index is 0.00000242. The molecule has 1 unspecified atom stereocenters. The van der Waals surface area contributed by atoms with Crippen LogP contribution in [-0.2, 0) is 9.59 Å². The van der Waals surface area contributed by atoms with E-state index in [1.165, 1.54) is 6.42 Å². The van der Waals surface area contributed by atoms with Gasteiger partial charge in [-0.3, -0.25) is 14.5 Å². The summed E-state index contributed by atoms with van der Waals surface area (Å²) in [7, 11) is 0. The Bertz CT molecular complexity index is 375. The first-order chi connectivity index (χ1) is 10.1. The van der Waals surface area contributed by atoms with E-state index in [4.69, 9.17) is 0 Å². The Morgan fingerprint density at radius 2 is 1.91 bits per heavy atom. The minimum Gasteiger partial charge on any atom is -0.343 e. The van der Waals surface area contributed by atoms with Crippen molar-refractivity contribution in [2.45, 2.75) is 45.2 Å². The second-order valence-electron chi connectivity index (χ2n) is 6.20. The van der Waals surface area contributed by atoms with Gasteiger partial charge in [0, 0.05) is 38.8 Å². The van der Waals surface area contributed by atoms with Crippen molar-refractivity contribution < 1.29 is 9.59 Å². The molecule has 0 aromatic carbocycles. The lowest BCUT2D eigenvalue weighted by atomic mass is 10.1. The molecule has 2 aliphatic rings. The van der Waals surface area contributed by atoms with Crippen molar-refractivity contribution in [3.05, 3.63) is 0 Å². The Morgan fingerprint density at radius 3 is 2.55 bits per heavy atom. The normalized spacial score (nSPS) is 24.3. The maximum atomic E-state index is 12.3. The van der Waals surface area contributed by atoms with Crippen molar-refractivity contribution >= 4 is 24.2 Å². The fourth-order valence-corrected chi connectivity index (χ4v) is 3.04. The number of hydrogen-bond donors (Lipinski definition) is 2. The molecular weight excluding hydrogens is 304 g/mol. The standard InChI is InChI=1S/C15H28N4O2.ClH/c1-12-10-16-6-9-19(12)11-14(20)17-13(2)15(21)18-7-4-3-5-8-18;/h12-13,16H,3-11H2,1-2H3,(H,17,20);1H/t12-,13?;/m1./s1. The van der Waals surface area contributed by atoms with Gasteiger partial charge in [0.1, 0.15) is 6.04 Å². The summed E-state index contributed by atoms with van der Waals surface area (Å²) in [5, 5.41) is 6.16. The lowest BCUT2D eigenvalue weighted by molar-refractivity contribution is -0.137. The Morgan fingerprint density at radius 1 is 1.23 bits per heavy atom. The van der Waals surface area contributed by atoms with Crippen molar-refractivity contribution in [2.24, 2.45) is 0 Å². The molecule has 0 radical (unpaired) electrons. The van der Waals surface area contributed by atoms with Crippen molar-refractivity contribution in [3.63, 3.8) is 0 Å². The predicted molar refractivity (Wildman–Crippen MR) is 89.2 cm³/mol.